The summed E-state index contributed by atoms with van der Waals surface area (Å²) in [6, 6.07) is 8.98. The molecule has 1 heterocycles. The molecule has 0 aliphatic carbocycles. The van der Waals surface area contributed by atoms with Gasteiger partial charge in [0.1, 0.15) is 11.8 Å². The van der Waals surface area contributed by atoms with E-state index in [1.807, 2.05) is 19.1 Å². The third-order valence-corrected chi connectivity index (χ3v) is 3.01. The van der Waals surface area contributed by atoms with Gasteiger partial charge in [0.2, 0.25) is 5.91 Å². The first-order chi connectivity index (χ1) is 9.20. The highest BCUT2D eigenvalue weighted by Gasteiger charge is 2.28. The van der Waals surface area contributed by atoms with Gasteiger partial charge in [-0.15, -0.1) is 0 Å². The van der Waals surface area contributed by atoms with Gasteiger partial charge in [0, 0.05) is 0 Å². The molecule has 5 heteroatoms. The topological polar surface area (TPSA) is 71.3 Å². The lowest BCUT2D eigenvalue weighted by atomic mass is 10.1. The lowest BCUT2D eigenvalue weighted by molar-refractivity contribution is -0.119. The Hall–Kier alpha value is -2.06. The van der Waals surface area contributed by atoms with Crippen molar-refractivity contribution in [1.82, 2.24) is 0 Å². The molecule has 0 radical (unpaired) electrons. The monoisotopic (exact) mass is 260 g/mol. The Balaban J connectivity index is 2.02. The number of ether oxygens (including phenoxy) is 2. The molecule has 1 N–H and O–H groups in total. The second-order valence-corrected chi connectivity index (χ2v) is 4.51. The Kier molecular flexibility index (Phi) is 4.37. The van der Waals surface area contributed by atoms with Crippen molar-refractivity contribution in [2.75, 3.05) is 18.5 Å². The van der Waals surface area contributed by atoms with Crippen molar-refractivity contribution in [1.29, 1.82) is 5.26 Å². The number of hydrogen-bond acceptors (Lipinski definition) is 4. The van der Waals surface area contributed by atoms with Gasteiger partial charge in [0.25, 0.3) is 0 Å². The van der Waals surface area contributed by atoms with Crippen LogP contribution in [0.1, 0.15) is 13.3 Å². The molecule has 0 aromatic heterocycles. The minimum atomic E-state index is -0.126. The summed E-state index contributed by atoms with van der Waals surface area (Å²) in [7, 11) is 0. The predicted molar refractivity (Wildman–Crippen MR) is 69.7 cm³/mol. The Morgan fingerprint density at radius 2 is 2.37 bits per heavy atom. The Bertz CT molecular complexity index is 496. The van der Waals surface area contributed by atoms with Crippen LogP contribution in [0.3, 0.4) is 0 Å². The number of nitriles is 1. The summed E-state index contributed by atoms with van der Waals surface area (Å²) in [4.78, 5) is 12.1. The summed E-state index contributed by atoms with van der Waals surface area (Å²) in [5, 5.41) is 11.4. The van der Waals surface area contributed by atoms with Crippen LogP contribution in [0.2, 0.25) is 0 Å². The summed E-state index contributed by atoms with van der Waals surface area (Å²) in [6.45, 7) is 2.36. The second kappa shape index (κ2) is 6.21. The standard InChI is InChI=1S/C14H16N2O3/c1-10-8-11(9-19-10)14(17)16-12-4-2-3-5-13(12)18-7-6-15/h2-5,10-11H,7-9H2,1H3,(H,16,17). The normalized spacial score (nSPS) is 21.7. The number of hydrogen-bond donors (Lipinski definition) is 1. The molecule has 1 amide bonds. The first-order valence-electron chi connectivity index (χ1n) is 6.22. The summed E-state index contributed by atoms with van der Waals surface area (Å²) in [6.07, 6.45) is 0.855. The van der Waals surface area contributed by atoms with Gasteiger partial charge in [-0.25, -0.2) is 0 Å². The van der Waals surface area contributed by atoms with E-state index in [-0.39, 0.29) is 24.5 Å². The highest BCUT2D eigenvalue weighted by atomic mass is 16.5. The maximum absolute atomic E-state index is 12.1. The van der Waals surface area contributed by atoms with E-state index in [1.165, 1.54) is 0 Å². The predicted octanol–water partition coefficient (Wildman–Crippen LogP) is 1.95. The highest BCUT2D eigenvalue weighted by Crippen LogP contribution is 2.26. The van der Waals surface area contributed by atoms with E-state index in [9.17, 15) is 4.79 Å². The first kappa shape index (κ1) is 13.4. The number of rotatable bonds is 4. The largest absolute Gasteiger partial charge is 0.477 e. The molecule has 1 aromatic carbocycles. The highest BCUT2D eigenvalue weighted by molar-refractivity contribution is 5.94. The molecule has 1 fully saturated rings. The Morgan fingerprint density at radius 1 is 1.58 bits per heavy atom. The van der Waals surface area contributed by atoms with Crippen LogP contribution in [0.25, 0.3) is 0 Å². The first-order valence-corrected chi connectivity index (χ1v) is 6.22. The van der Waals surface area contributed by atoms with E-state index in [2.05, 4.69) is 5.32 Å². The average molecular weight is 260 g/mol. The van der Waals surface area contributed by atoms with Gasteiger partial charge in [0.05, 0.1) is 24.3 Å². The van der Waals surface area contributed by atoms with Crippen LogP contribution < -0.4 is 10.1 Å². The molecule has 5 nitrogen and oxygen atoms in total. The molecule has 2 atom stereocenters. The fourth-order valence-corrected chi connectivity index (χ4v) is 2.04. The van der Waals surface area contributed by atoms with Gasteiger partial charge in [-0.2, -0.15) is 5.26 Å². The van der Waals surface area contributed by atoms with E-state index in [0.29, 0.717) is 18.0 Å². The lowest BCUT2D eigenvalue weighted by Gasteiger charge is -2.13. The quantitative estimate of drug-likeness (QED) is 0.898. The molecule has 19 heavy (non-hydrogen) atoms. The van der Waals surface area contributed by atoms with Crippen molar-refractivity contribution >= 4 is 11.6 Å². The minimum Gasteiger partial charge on any atom is -0.477 e. The zero-order chi connectivity index (χ0) is 13.7. The number of carbonyl (C=O) groups excluding carboxylic acids is 1. The third-order valence-electron chi connectivity index (χ3n) is 3.01. The van der Waals surface area contributed by atoms with Crippen molar-refractivity contribution in [3.8, 4) is 11.8 Å². The van der Waals surface area contributed by atoms with E-state index in [0.717, 1.165) is 6.42 Å². The molecule has 1 aliphatic rings. The van der Waals surface area contributed by atoms with Crippen molar-refractivity contribution < 1.29 is 14.3 Å². The summed E-state index contributed by atoms with van der Waals surface area (Å²) < 4.78 is 10.6. The number of benzene rings is 1. The molecule has 2 unspecified atom stereocenters. The van der Waals surface area contributed by atoms with Gasteiger partial charge >= 0.3 is 0 Å². The van der Waals surface area contributed by atoms with E-state index in [1.54, 1.807) is 18.2 Å². The number of amides is 1. The van der Waals surface area contributed by atoms with E-state index in [4.69, 9.17) is 14.7 Å². The molecule has 100 valence electrons. The molecular weight excluding hydrogens is 244 g/mol. The van der Waals surface area contributed by atoms with Gasteiger partial charge in [-0.3, -0.25) is 4.79 Å². The van der Waals surface area contributed by atoms with Crippen LogP contribution in [0, 0.1) is 17.2 Å². The van der Waals surface area contributed by atoms with Crippen molar-refractivity contribution in [2.45, 2.75) is 19.4 Å². The number of para-hydroxylation sites is 2. The van der Waals surface area contributed by atoms with Crippen LogP contribution in [-0.4, -0.2) is 25.2 Å². The molecule has 1 aliphatic heterocycles. The van der Waals surface area contributed by atoms with Gasteiger partial charge in [-0.05, 0) is 25.5 Å². The molecule has 0 spiro atoms. The molecule has 0 saturated carbocycles. The molecule has 1 saturated heterocycles. The zero-order valence-corrected chi connectivity index (χ0v) is 10.8. The van der Waals surface area contributed by atoms with Crippen LogP contribution in [-0.2, 0) is 9.53 Å². The van der Waals surface area contributed by atoms with Crippen molar-refractivity contribution in [2.24, 2.45) is 5.92 Å². The third kappa shape index (κ3) is 3.46. The average Bonchev–Trinajstić information content (AvgIpc) is 2.84. The number of nitrogens with one attached hydrogen (secondary N) is 1. The molecule has 0 bridgehead atoms. The van der Waals surface area contributed by atoms with Crippen LogP contribution in [0.5, 0.6) is 5.75 Å². The molecule has 1 aromatic rings. The smallest absolute Gasteiger partial charge is 0.230 e. The maximum atomic E-state index is 12.1. The summed E-state index contributed by atoms with van der Waals surface area (Å²) >= 11 is 0. The Labute approximate surface area is 112 Å². The fourth-order valence-electron chi connectivity index (χ4n) is 2.04. The summed E-state index contributed by atoms with van der Waals surface area (Å²) in [5.41, 5.74) is 0.585. The molecule has 2 rings (SSSR count). The van der Waals surface area contributed by atoms with Gasteiger partial charge in [-0.1, -0.05) is 12.1 Å². The maximum Gasteiger partial charge on any atom is 0.230 e. The van der Waals surface area contributed by atoms with Crippen LogP contribution in [0.15, 0.2) is 24.3 Å². The van der Waals surface area contributed by atoms with Gasteiger partial charge in [0.15, 0.2) is 6.61 Å². The number of nitrogens with zero attached hydrogens (tertiary/aromatic N) is 1. The molecular formula is C14H16N2O3. The lowest BCUT2D eigenvalue weighted by Crippen LogP contribution is -2.23. The number of anilines is 1. The second-order valence-electron chi connectivity index (χ2n) is 4.51. The van der Waals surface area contributed by atoms with Crippen molar-refractivity contribution in [3.63, 3.8) is 0 Å². The summed E-state index contributed by atoms with van der Waals surface area (Å²) in [5.74, 6) is 0.306. The van der Waals surface area contributed by atoms with Crippen LogP contribution in [0.4, 0.5) is 5.69 Å². The van der Waals surface area contributed by atoms with E-state index < -0.39 is 0 Å². The fraction of sp³-hybridized carbons (Fsp3) is 0.429. The zero-order valence-electron chi connectivity index (χ0n) is 10.8. The minimum absolute atomic E-state index is 0.0452. The van der Waals surface area contributed by atoms with Crippen LogP contribution >= 0.6 is 0 Å². The SMILES string of the molecule is CC1CC(C(=O)Nc2ccccc2OCC#N)CO1. The van der Waals surface area contributed by atoms with E-state index >= 15 is 0 Å². The number of carbonyl (C=O) groups is 1. The van der Waals surface area contributed by atoms with Gasteiger partial charge < -0.3 is 14.8 Å². The Morgan fingerprint density at radius 3 is 3.05 bits per heavy atom. The van der Waals surface area contributed by atoms with Crippen molar-refractivity contribution in [3.05, 3.63) is 24.3 Å².